The van der Waals surface area contributed by atoms with E-state index in [0.29, 0.717) is 31.0 Å². The van der Waals surface area contributed by atoms with Crippen LogP contribution in [0.3, 0.4) is 0 Å². The van der Waals surface area contributed by atoms with E-state index in [9.17, 15) is 9.18 Å². The molecule has 2 saturated heterocycles. The van der Waals surface area contributed by atoms with Crippen LogP contribution in [-0.4, -0.2) is 58.6 Å². The van der Waals surface area contributed by atoms with Crippen molar-refractivity contribution in [3.8, 4) is 11.1 Å². The van der Waals surface area contributed by atoms with Gasteiger partial charge in [-0.1, -0.05) is 12.1 Å². The van der Waals surface area contributed by atoms with Gasteiger partial charge in [-0.3, -0.25) is 4.79 Å². The third-order valence-electron chi connectivity index (χ3n) is 6.40. The number of nitrogen functional groups attached to an aromatic ring is 1. The van der Waals surface area contributed by atoms with Gasteiger partial charge in [-0.2, -0.15) is 0 Å². The van der Waals surface area contributed by atoms with Crippen LogP contribution >= 0.6 is 0 Å². The zero-order valence-corrected chi connectivity index (χ0v) is 18.9. The standard InChI is InChI=1S/C25H27FN6O2/c26-19-6-4-17(5-7-19)20-16-29-25(27)30-23(20)21-3-1-2-10-32(21)24(33)18-8-9-28-22(15-18)31-11-13-34-14-12-31/h4-9,15-16,21H,1-3,10-14H2,(H2,27,29,30)/t21-/m0/s1. The van der Waals surface area contributed by atoms with Gasteiger partial charge in [0.05, 0.1) is 24.9 Å². The van der Waals surface area contributed by atoms with Gasteiger partial charge in [0, 0.05) is 43.2 Å². The van der Waals surface area contributed by atoms with Crippen molar-refractivity contribution in [2.45, 2.75) is 25.3 Å². The summed E-state index contributed by atoms with van der Waals surface area (Å²) in [6.45, 7) is 3.41. The van der Waals surface area contributed by atoms with E-state index in [0.717, 1.165) is 49.3 Å². The minimum absolute atomic E-state index is 0.0659. The second-order valence-electron chi connectivity index (χ2n) is 8.55. The van der Waals surface area contributed by atoms with Crippen LogP contribution in [-0.2, 0) is 4.74 Å². The number of morpholine rings is 1. The molecule has 1 amide bonds. The second-order valence-corrected chi connectivity index (χ2v) is 8.55. The molecule has 0 bridgehead atoms. The molecule has 5 rings (SSSR count). The molecule has 0 aliphatic carbocycles. The number of hydrogen-bond acceptors (Lipinski definition) is 7. The quantitative estimate of drug-likeness (QED) is 0.634. The molecular weight excluding hydrogens is 435 g/mol. The molecule has 0 saturated carbocycles. The minimum atomic E-state index is -0.315. The van der Waals surface area contributed by atoms with Crippen LogP contribution in [0.1, 0.15) is 41.4 Å². The zero-order chi connectivity index (χ0) is 23.5. The molecule has 2 aliphatic heterocycles. The third-order valence-corrected chi connectivity index (χ3v) is 6.40. The smallest absolute Gasteiger partial charge is 0.254 e. The molecular formula is C25H27FN6O2. The number of carbonyl (C=O) groups is 1. The summed E-state index contributed by atoms with van der Waals surface area (Å²) in [7, 11) is 0. The molecule has 34 heavy (non-hydrogen) atoms. The predicted molar refractivity (Wildman–Crippen MR) is 127 cm³/mol. The van der Waals surface area contributed by atoms with Gasteiger partial charge >= 0.3 is 0 Å². The largest absolute Gasteiger partial charge is 0.378 e. The first-order valence-electron chi connectivity index (χ1n) is 11.6. The van der Waals surface area contributed by atoms with E-state index in [1.54, 1.807) is 30.6 Å². The summed E-state index contributed by atoms with van der Waals surface area (Å²) in [4.78, 5) is 30.9. The summed E-state index contributed by atoms with van der Waals surface area (Å²) in [5.74, 6) is 0.548. The number of carbonyl (C=O) groups excluding carboxylic acids is 1. The Kier molecular flexibility index (Phi) is 6.35. The number of halogens is 1. The average molecular weight is 463 g/mol. The van der Waals surface area contributed by atoms with Gasteiger partial charge in [0.2, 0.25) is 5.95 Å². The fraction of sp³-hybridized carbons (Fsp3) is 0.360. The van der Waals surface area contributed by atoms with Gasteiger partial charge in [0.1, 0.15) is 11.6 Å². The van der Waals surface area contributed by atoms with Gasteiger partial charge in [-0.05, 0) is 49.1 Å². The van der Waals surface area contributed by atoms with Crippen LogP contribution in [0.4, 0.5) is 16.2 Å². The number of hydrogen-bond donors (Lipinski definition) is 1. The Bertz CT molecular complexity index is 1170. The number of nitrogens with two attached hydrogens (primary N) is 1. The van der Waals surface area contributed by atoms with Gasteiger partial charge < -0.3 is 20.3 Å². The topological polar surface area (TPSA) is 97.5 Å². The first-order chi connectivity index (χ1) is 16.6. The highest BCUT2D eigenvalue weighted by Crippen LogP contribution is 2.37. The Morgan fingerprint density at radius 1 is 1.06 bits per heavy atom. The Morgan fingerprint density at radius 3 is 2.65 bits per heavy atom. The molecule has 2 aliphatic rings. The molecule has 2 aromatic heterocycles. The van der Waals surface area contributed by atoms with Crippen LogP contribution < -0.4 is 10.6 Å². The Balaban J connectivity index is 1.48. The van der Waals surface area contributed by atoms with Gasteiger partial charge in [0.25, 0.3) is 5.91 Å². The van der Waals surface area contributed by atoms with E-state index in [2.05, 4.69) is 19.9 Å². The molecule has 2 fully saturated rings. The van der Waals surface area contributed by atoms with E-state index in [4.69, 9.17) is 10.5 Å². The molecule has 1 aromatic carbocycles. The number of amides is 1. The fourth-order valence-corrected chi connectivity index (χ4v) is 4.66. The highest BCUT2D eigenvalue weighted by atomic mass is 19.1. The SMILES string of the molecule is Nc1ncc(-c2ccc(F)cc2)c([C@@H]2CCCCN2C(=O)c2ccnc(N3CCOCC3)c2)n1. The lowest BCUT2D eigenvalue weighted by molar-refractivity contribution is 0.0606. The van der Waals surface area contributed by atoms with Crippen molar-refractivity contribution in [2.24, 2.45) is 0 Å². The normalized spacial score (nSPS) is 18.7. The summed E-state index contributed by atoms with van der Waals surface area (Å²) in [6, 6.07) is 9.56. The summed E-state index contributed by atoms with van der Waals surface area (Å²) in [5.41, 5.74) is 8.78. The molecule has 0 unspecified atom stereocenters. The van der Waals surface area contributed by atoms with Crippen LogP contribution in [0.15, 0.2) is 48.8 Å². The second kappa shape index (κ2) is 9.72. The van der Waals surface area contributed by atoms with E-state index < -0.39 is 0 Å². The molecule has 4 heterocycles. The summed E-state index contributed by atoms with van der Waals surface area (Å²) in [6.07, 6.45) is 5.99. The van der Waals surface area contributed by atoms with E-state index >= 15 is 0 Å². The number of ether oxygens (including phenoxy) is 1. The molecule has 0 radical (unpaired) electrons. The van der Waals surface area contributed by atoms with Gasteiger partial charge in [-0.15, -0.1) is 0 Å². The van der Waals surface area contributed by atoms with Crippen molar-refractivity contribution in [3.63, 3.8) is 0 Å². The molecule has 9 heteroatoms. The first kappa shape index (κ1) is 22.2. The van der Waals surface area contributed by atoms with Crippen LogP contribution in [0, 0.1) is 5.82 Å². The maximum Gasteiger partial charge on any atom is 0.254 e. The lowest BCUT2D eigenvalue weighted by Gasteiger charge is -2.36. The van der Waals surface area contributed by atoms with Crippen molar-refractivity contribution < 1.29 is 13.9 Å². The van der Waals surface area contributed by atoms with E-state index in [1.807, 2.05) is 11.0 Å². The number of anilines is 2. The maximum atomic E-state index is 13.7. The number of aromatic nitrogens is 3. The maximum absolute atomic E-state index is 13.7. The van der Waals surface area contributed by atoms with E-state index in [-0.39, 0.29) is 23.7 Å². The van der Waals surface area contributed by atoms with Crippen molar-refractivity contribution in [1.82, 2.24) is 19.9 Å². The molecule has 8 nitrogen and oxygen atoms in total. The zero-order valence-electron chi connectivity index (χ0n) is 18.9. The summed E-state index contributed by atoms with van der Waals surface area (Å²) in [5, 5.41) is 0. The molecule has 1 atom stereocenters. The summed E-state index contributed by atoms with van der Waals surface area (Å²) >= 11 is 0. The molecule has 2 N–H and O–H groups in total. The van der Waals surface area contributed by atoms with Crippen molar-refractivity contribution in [2.75, 3.05) is 43.5 Å². The number of pyridine rings is 1. The van der Waals surface area contributed by atoms with Crippen molar-refractivity contribution in [1.29, 1.82) is 0 Å². The monoisotopic (exact) mass is 462 g/mol. The lowest BCUT2D eigenvalue weighted by Crippen LogP contribution is -2.40. The summed E-state index contributed by atoms with van der Waals surface area (Å²) < 4.78 is 19.0. The highest BCUT2D eigenvalue weighted by molar-refractivity contribution is 5.95. The Morgan fingerprint density at radius 2 is 1.85 bits per heavy atom. The van der Waals surface area contributed by atoms with Crippen molar-refractivity contribution >= 4 is 17.7 Å². The molecule has 3 aromatic rings. The highest BCUT2D eigenvalue weighted by Gasteiger charge is 2.32. The van der Waals surface area contributed by atoms with Gasteiger partial charge in [-0.25, -0.2) is 19.3 Å². The fourth-order valence-electron chi connectivity index (χ4n) is 4.66. The predicted octanol–water partition coefficient (Wildman–Crippen LogP) is 3.46. The molecule has 176 valence electrons. The number of rotatable bonds is 4. The van der Waals surface area contributed by atoms with Crippen LogP contribution in [0.2, 0.25) is 0 Å². The van der Waals surface area contributed by atoms with E-state index in [1.165, 1.54) is 12.1 Å². The van der Waals surface area contributed by atoms with Crippen LogP contribution in [0.25, 0.3) is 11.1 Å². The Hall–Kier alpha value is -3.59. The number of piperidine rings is 1. The minimum Gasteiger partial charge on any atom is -0.378 e. The third kappa shape index (κ3) is 4.56. The average Bonchev–Trinajstić information content (AvgIpc) is 2.89. The lowest BCUT2D eigenvalue weighted by atomic mass is 9.93. The van der Waals surface area contributed by atoms with Crippen LogP contribution in [0.5, 0.6) is 0 Å². The number of likely N-dealkylation sites (tertiary alicyclic amines) is 1. The molecule has 0 spiro atoms. The van der Waals surface area contributed by atoms with Crippen molar-refractivity contribution in [3.05, 3.63) is 65.9 Å². The first-order valence-corrected chi connectivity index (χ1v) is 11.6. The van der Waals surface area contributed by atoms with Gasteiger partial charge in [0.15, 0.2) is 0 Å². The Labute approximate surface area is 197 Å². The number of nitrogens with zero attached hydrogens (tertiary/aromatic N) is 5. The number of benzene rings is 1.